The molecule has 0 N–H and O–H groups in total. The first kappa shape index (κ1) is 15.2. The number of nitrogens with zero attached hydrogens (tertiary/aromatic N) is 1. The van der Waals surface area contributed by atoms with Crippen LogP contribution in [0.3, 0.4) is 0 Å². The van der Waals surface area contributed by atoms with Crippen LogP contribution in [0.5, 0.6) is 0 Å². The maximum atomic E-state index is 12.3. The molecule has 0 amide bonds. The lowest BCUT2D eigenvalue weighted by Gasteiger charge is -2.20. The van der Waals surface area contributed by atoms with Crippen molar-refractivity contribution in [1.29, 1.82) is 0 Å². The van der Waals surface area contributed by atoms with E-state index in [-0.39, 0.29) is 18.4 Å². The van der Waals surface area contributed by atoms with E-state index in [2.05, 4.69) is 9.73 Å². The van der Waals surface area contributed by atoms with Crippen molar-refractivity contribution in [3.05, 3.63) is 35.9 Å². The number of carbonyl (C=O) groups excluding carboxylic acids is 2. The van der Waals surface area contributed by atoms with Gasteiger partial charge in [0.25, 0.3) is 0 Å². The maximum absolute atomic E-state index is 12.3. The third-order valence-electron chi connectivity index (χ3n) is 3.54. The van der Waals surface area contributed by atoms with E-state index in [1.165, 1.54) is 7.11 Å². The molecule has 0 bridgehead atoms. The van der Waals surface area contributed by atoms with Gasteiger partial charge in [-0.15, -0.1) is 0 Å². The first-order valence-electron chi connectivity index (χ1n) is 7.05. The minimum atomic E-state index is -0.964. The summed E-state index contributed by atoms with van der Waals surface area (Å²) in [6.45, 7) is 1.98. The van der Waals surface area contributed by atoms with Crippen LogP contribution in [-0.2, 0) is 19.1 Å². The molecule has 0 spiro atoms. The summed E-state index contributed by atoms with van der Waals surface area (Å²) in [5, 5.41) is 0. The fourth-order valence-electron chi connectivity index (χ4n) is 2.42. The van der Waals surface area contributed by atoms with Crippen LogP contribution in [0.15, 0.2) is 35.3 Å². The molecule has 0 aromatic heterocycles. The van der Waals surface area contributed by atoms with Crippen LogP contribution in [0.4, 0.5) is 0 Å². The van der Waals surface area contributed by atoms with E-state index in [9.17, 15) is 9.59 Å². The molecule has 5 nitrogen and oxygen atoms in total. The van der Waals surface area contributed by atoms with Crippen LogP contribution in [-0.4, -0.2) is 30.5 Å². The molecule has 1 aromatic rings. The van der Waals surface area contributed by atoms with Gasteiger partial charge in [0.2, 0.25) is 5.90 Å². The van der Waals surface area contributed by atoms with Crippen molar-refractivity contribution in [1.82, 2.24) is 0 Å². The molecular formula is C16H19NO4. The summed E-state index contributed by atoms with van der Waals surface area (Å²) in [6, 6.07) is 9.29. The van der Waals surface area contributed by atoms with Gasteiger partial charge in [-0.05, 0) is 25.0 Å². The summed E-state index contributed by atoms with van der Waals surface area (Å²) >= 11 is 0. The molecule has 0 unspecified atom stereocenters. The van der Waals surface area contributed by atoms with E-state index < -0.39 is 5.54 Å². The first-order valence-corrected chi connectivity index (χ1v) is 7.05. The Morgan fingerprint density at radius 2 is 2.00 bits per heavy atom. The van der Waals surface area contributed by atoms with E-state index in [1.54, 1.807) is 0 Å². The van der Waals surface area contributed by atoms with Gasteiger partial charge in [-0.2, -0.15) is 0 Å². The third kappa shape index (κ3) is 3.29. The minimum Gasteiger partial charge on any atom is -0.469 e. The summed E-state index contributed by atoms with van der Waals surface area (Å²) in [7, 11) is 1.33. The highest BCUT2D eigenvalue weighted by Gasteiger charge is 2.45. The second-order valence-electron chi connectivity index (χ2n) is 5.03. The zero-order chi connectivity index (χ0) is 15.3. The monoisotopic (exact) mass is 289 g/mol. The Bertz CT molecular complexity index is 553. The van der Waals surface area contributed by atoms with Crippen LogP contribution >= 0.6 is 0 Å². The number of aliphatic imine (C=N–C) groups is 1. The van der Waals surface area contributed by atoms with E-state index >= 15 is 0 Å². The highest BCUT2D eigenvalue weighted by molar-refractivity contribution is 6.08. The summed E-state index contributed by atoms with van der Waals surface area (Å²) in [5.74, 6) is -0.396. The van der Waals surface area contributed by atoms with Crippen LogP contribution < -0.4 is 0 Å². The fraction of sp³-hybridized carbons (Fsp3) is 0.438. The molecule has 112 valence electrons. The number of hydrogen-bond donors (Lipinski definition) is 0. The van der Waals surface area contributed by atoms with Gasteiger partial charge in [-0.25, -0.2) is 9.79 Å². The lowest BCUT2D eigenvalue weighted by atomic mass is 9.89. The molecule has 0 fully saturated rings. The Morgan fingerprint density at radius 3 is 2.62 bits per heavy atom. The van der Waals surface area contributed by atoms with Crippen LogP contribution in [0.2, 0.25) is 0 Å². The van der Waals surface area contributed by atoms with Crippen molar-refractivity contribution in [3.8, 4) is 0 Å². The van der Waals surface area contributed by atoms with Gasteiger partial charge in [-0.3, -0.25) is 4.79 Å². The zero-order valence-electron chi connectivity index (χ0n) is 12.3. The van der Waals surface area contributed by atoms with E-state index in [1.807, 2.05) is 37.3 Å². The molecule has 0 saturated heterocycles. The maximum Gasteiger partial charge on any atom is 0.340 e. The molecule has 1 atom stereocenters. The number of hydrogen-bond acceptors (Lipinski definition) is 5. The minimum absolute atomic E-state index is 0.150. The predicted molar refractivity (Wildman–Crippen MR) is 78.0 cm³/mol. The zero-order valence-corrected chi connectivity index (χ0v) is 12.3. The second kappa shape index (κ2) is 6.52. The predicted octanol–water partition coefficient (Wildman–Crippen LogP) is 2.48. The van der Waals surface area contributed by atoms with Gasteiger partial charge in [0.1, 0.15) is 0 Å². The van der Waals surface area contributed by atoms with Gasteiger partial charge in [0.15, 0.2) is 5.54 Å². The van der Waals surface area contributed by atoms with Gasteiger partial charge in [0.05, 0.1) is 7.11 Å². The fourth-order valence-corrected chi connectivity index (χ4v) is 2.42. The van der Waals surface area contributed by atoms with Crippen molar-refractivity contribution in [2.75, 3.05) is 7.11 Å². The quantitative estimate of drug-likeness (QED) is 0.755. The van der Waals surface area contributed by atoms with Crippen LogP contribution in [0.1, 0.15) is 38.2 Å². The SMILES string of the molecule is CCC[C@@]1(CCC(=O)OC)N=C(c2ccccc2)OC1=O. The molecule has 1 aliphatic rings. The molecule has 2 rings (SSSR count). The Morgan fingerprint density at radius 1 is 1.29 bits per heavy atom. The van der Waals surface area contributed by atoms with Gasteiger partial charge in [0, 0.05) is 12.0 Å². The topological polar surface area (TPSA) is 65.0 Å². The first-order chi connectivity index (χ1) is 10.1. The molecule has 0 radical (unpaired) electrons. The lowest BCUT2D eigenvalue weighted by Crippen LogP contribution is -2.34. The lowest BCUT2D eigenvalue weighted by molar-refractivity contribution is -0.142. The Hall–Kier alpha value is -2.17. The molecule has 1 aliphatic heterocycles. The molecule has 0 saturated carbocycles. The Kier molecular flexibility index (Phi) is 4.73. The Balaban J connectivity index is 2.25. The number of methoxy groups -OCH3 is 1. The van der Waals surface area contributed by atoms with Crippen LogP contribution in [0, 0.1) is 0 Å². The molecule has 5 heteroatoms. The Labute approximate surface area is 124 Å². The van der Waals surface area contributed by atoms with E-state index in [0.29, 0.717) is 18.7 Å². The number of benzene rings is 1. The van der Waals surface area contributed by atoms with Crippen molar-refractivity contribution >= 4 is 17.8 Å². The van der Waals surface area contributed by atoms with Crippen molar-refractivity contribution < 1.29 is 19.1 Å². The number of carbonyl (C=O) groups is 2. The second-order valence-corrected chi connectivity index (χ2v) is 5.03. The van der Waals surface area contributed by atoms with E-state index in [0.717, 1.165) is 12.0 Å². The average molecular weight is 289 g/mol. The van der Waals surface area contributed by atoms with Gasteiger partial charge >= 0.3 is 11.9 Å². The highest BCUT2D eigenvalue weighted by atomic mass is 16.6. The summed E-state index contributed by atoms with van der Waals surface area (Å²) < 4.78 is 9.98. The average Bonchev–Trinajstić information content (AvgIpc) is 2.83. The number of cyclic esters (lactones) is 1. The molecule has 21 heavy (non-hydrogen) atoms. The number of ether oxygens (including phenoxy) is 2. The van der Waals surface area contributed by atoms with E-state index in [4.69, 9.17) is 4.74 Å². The molecule has 0 aliphatic carbocycles. The van der Waals surface area contributed by atoms with Gasteiger partial charge in [-0.1, -0.05) is 31.5 Å². The molecule has 1 aromatic carbocycles. The van der Waals surface area contributed by atoms with Crippen molar-refractivity contribution in [2.24, 2.45) is 4.99 Å². The van der Waals surface area contributed by atoms with Crippen molar-refractivity contribution in [2.45, 2.75) is 38.1 Å². The van der Waals surface area contributed by atoms with Crippen LogP contribution in [0.25, 0.3) is 0 Å². The van der Waals surface area contributed by atoms with Gasteiger partial charge < -0.3 is 9.47 Å². The van der Waals surface area contributed by atoms with Crippen molar-refractivity contribution in [3.63, 3.8) is 0 Å². The normalized spacial score (nSPS) is 20.9. The molecular weight excluding hydrogens is 270 g/mol. The highest BCUT2D eigenvalue weighted by Crippen LogP contribution is 2.32. The summed E-state index contributed by atoms with van der Waals surface area (Å²) in [6.07, 6.45) is 1.79. The largest absolute Gasteiger partial charge is 0.469 e. The third-order valence-corrected chi connectivity index (χ3v) is 3.54. The number of esters is 2. The molecule has 1 heterocycles. The smallest absolute Gasteiger partial charge is 0.340 e. The standard InChI is InChI=1S/C16H19NO4/c1-3-10-16(11-9-13(18)20-2)15(19)21-14(17-16)12-7-5-4-6-8-12/h4-8H,3,9-11H2,1-2H3/t16-/m0/s1. The summed E-state index contributed by atoms with van der Waals surface area (Å²) in [5.41, 5.74) is -0.199. The number of rotatable bonds is 6. The summed E-state index contributed by atoms with van der Waals surface area (Å²) in [4.78, 5) is 28.1.